The Morgan fingerprint density at radius 3 is 2.62 bits per heavy atom. The summed E-state index contributed by atoms with van der Waals surface area (Å²) in [5, 5.41) is 7.71. The Morgan fingerprint density at radius 1 is 1.25 bits per heavy atom. The summed E-state index contributed by atoms with van der Waals surface area (Å²) in [6.07, 6.45) is 1.97. The molecule has 1 aromatic carbocycles. The molecule has 3 nitrogen and oxygen atoms in total. The largest absolute Gasteiger partial charge is 0.313 e. The molecule has 2 rings (SSSR count). The average Bonchev–Trinajstić information content (AvgIpc) is 2.75. The molecule has 1 N–H and O–H groups in total. The Balaban J connectivity index is 2.48. The summed E-state index contributed by atoms with van der Waals surface area (Å²) in [6.45, 7) is 2.15. The molecular formula is C13H17N3. The molecule has 0 saturated carbocycles. The zero-order valence-electron chi connectivity index (χ0n) is 9.94. The van der Waals surface area contributed by atoms with Crippen molar-refractivity contribution in [2.75, 3.05) is 7.05 Å². The van der Waals surface area contributed by atoms with Gasteiger partial charge in [-0.05, 0) is 25.6 Å². The number of aryl methyl sites for hydroxylation is 1. The minimum Gasteiger partial charge on any atom is -0.313 e. The van der Waals surface area contributed by atoms with Crippen molar-refractivity contribution in [3.05, 3.63) is 42.1 Å². The molecule has 0 bridgehead atoms. The molecule has 16 heavy (non-hydrogen) atoms. The van der Waals surface area contributed by atoms with Gasteiger partial charge in [0.25, 0.3) is 0 Å². The van der Waals surface area contributed by atoms with Gasteiger partial charge in [-0.15, -0.1) is 0 Å². The molecule has 0 fully saturated rings. The number of hydrogen-bond acceptors (Lipinski definition) is 2. The molecule has 3 heteroatoms. The van der Waals surface area contributed by atoms with Crippen molar-refractivity contribution >= 4 is 0 Å². The van der Waals surface area contributed by atoms with Crippen LogP contribution in [0.4, 0.5) is 0 Å². The summed E-state index contributed by atoms with van der Waals surface area (Å²) in [5.74, 6) is 0. The lowest BCUT2D eigenvalue weighted by molar-refractivity contribution is 0.653. The van der Waals surface area contributed by atoms with Crippen molar-refractivity contribution in [3.8, 4) is 11.3 Å². The fourth-order valence-corrected chi connectivity index (χ4v) is 1.82. The van der Waals surface area contributed by atoms with Crippen LogP contribution in [0, 0.1) is 0 Å². The van der Waals surface area contributed by atoms with E-state index in [1.165, 1.54) is 11.1 Å². The first kappa shape index (κ1) is 10.9. The maximum Gasteiger partial charge on any atom is 0.0926 e. The van der Waals surface area contributed by atoms with E-state index in [-0.39, 0.29) is 0 Å². The maximum atomic E-state index is 4.45. The highest BCUT2D eigenvalue weighted by Gasteiger charge is 2.11. The number of nitrogens with zero attached hydrogens (tertiary/aromatic N) is 2. The summed E-state index contributed by atoms with van der Waals surface area (Å²) in [6, 6.07) is 10.8. The molecule has 0 aliphatic carbocycles. The lowest BCUT2D eigenvalue weighted by Crippen LogP contribution is -2.13. The third kappa shape index (κ3) is 1.99. The Hall–Kier alpha value is -1.61. The van der Waals surface area contributed by atoms with Crippen molar-refractivity contribution in [3.63, 3.8) is 0 Å². The van der Waals surface area contributed by atoms with E-state index >= 15 is 0 Å². The van der Waals surface area contributed by atoms with Crippen LogP contribution in [-0.4, -0.2) is 16.8 Å². The first-order valence-electron chi connectivity index (χ1n) is 5.48. The highest BCUT2D eigenvalue weighted by molar-refractivity contribution is 5.63. The molecule has 1 aromatic heterocycles. The van der Waals surface area contributed by atoms with E-state index in [1.54, 1.807) is 0 Å². The zero-order valence-corrected chi connectivity index (χ0v) is 9.94. The van der Waals surface area contributed by atoms with Crippen LogP contribution < -0.4 is 5.32 Å². The third-order valence-electron chi connectivity index (χ3n) is 2.85. The number of hydrogen-bond donors (Lipinski definition) is 1. The van der Waals surface area contributed by atoms with Crippen molar-refractivity contribution in [2.45, 2.75) is 13.0 Å². The van der Waals surface area contributed by atoms with Crippen LogP contribution in [-0.2, 0) is 7.05 Å². The second-order valence-electron chi connectivity index (χ2n) is 3.97. The standard InChI is InChI=1S/C13H17N3/c1-10(14-2)11-6-4-5-7-12(11)13-8-9-16(3)15-13/h4-10,14H,1-3H3. The van der Waals surface area contributed by atoms with E-state index < -0.39 is 0 Å². The Bertz CT molecular complexity index is 474. The van der Waals surface area contributed by atoms with Crippen LogP contribution in [0.5, 0.6) is 0 Å². The quantitative estimate of drug-likeness (QED) is 0.851. The summed E-state index contributed by atoms with van der Waals surface area (Å²) in [5.41, 5.74) is 3.51. The van der Waals surface area contributed by atoms with Gasteiger partial charge in [0.1, 0.15) is 0 Å². The zero-order chi connectivity index (χ0) is 11.5. The SMILES string of the molecule is CNC(C)c1ccccc1-c1ccn(C)n1. The summed E-state index contributed by atoms with van der Waals surface area (Å²) in [4.78, 5) is 0. The van der Waals surface area contributed by atoms with Gasteiger partial charge in [0.15, 0.2) is 0 Å². The molecule has 1 atom stereocenters. The fourth-order valence-electron chi connectivity index (χ4n) is 1.82. The molecule has 1 unspecified atom stereocenters. The predicted molar refractivity (Wildman–Crippen MR) is 66.1 cm³/mol. The monoisotopic (exact) mass is 215 g/mol. The van der Waals surface area contributed by atoms with Gasteiger partial charge in [-0.1, -0.05) is 24.3 Å². The van der Waals surface area contributed by atoms with Crippen molar-refractivity contribution in [1.29, 1.82) is 0 Å². The van der Waals surface area contributed by atoms with Gasteiger partial charge < -0.3 is 5.32 Å². The van der Waals surface area contributed by atoms with E-state index in [4.69, 9.17) is 0 Å². The molecule has 0 amide bonds. The highest BCUT2D eigenvalue weighted by Crippen LogP contribution is 2.26. The van der Waals surface area contributed by atoms with Crippen LogP contribution >= 0.6 is 0 Å². The molecule has 84 valence electrons. The van der Waals surface area contributed by atoms with Crippen LogP contribution in [0.1, 0.15) is 18.5 Å². The molecule has 2 aromatic rings. The Labute approximate surface area is 96.1 Å². The number of aromatic nitrogens is 2. The molecule has 1 heterocycles. The molecule has 0 radical (unpaired) electrons. The van der Waals surface area contributed by atoms with Crippen molar-refractivity contribution in [2.24, 2.45) is 7.05 Å². The first-order chi connectivity index (χ1) is 7.72. The normalized spacial score (nSPS) is 12.7. The number of nitrogens with one attached hydrogen (secondary N) is 1. The van der Waals surface area contributed by atoms with E-state index in [0.717, 1.165) is 5.69 Å². The van der Waals surface area contributed by atoms with Crippen molar-refractivity contribution in [1.82, 2.24) is 15.1 Å². The summed E-state index contributed by atoms with van der Waals surface area (Å²) in [7, 11) is 3.91. The molecule has 0 aliphatic rings. The van der Waals surface area contributed by atoms with Crippen LogP contribution in [0.25, 0.3) is 11.3 Å². The minimum atomic E-state index is 0.332. The lowest BCUT2D eigenvalue weighted by atomic mass is 9.99. The van der Waals surface area contributed by atoms with Gasteiger partial charge in [0, 0.05) is 24.8 Å². The van der Waals surface area contributed by atoms with Gasteiger partial charge in [-0.25, -0.2) is 0 Å². The lowest BCUT2D eigenvalue weighted by Gasteiger charge is -2.14. The molecule has 0 spiro atoms. The first-order valence-corrected chi connectivity index (χ1v) is 5.48. The average molecular weight is 215 g/mol. The van der Waals surface area contributed by atoms with E-state index in [0.29, 0.717) is 6.04 Å². The topological polar surface area (TPSA) is 29.9 Å². The maximum absolute atomic E-state index is 4.45. The van der Waals surface area contributed by atoms with E-state index in [2.05, 4.69) is 41.6 Å². The highest BCUT2D eigenvalue weighted by atomic mass is 15.2. The fraction of sp³-hybridized carbons (Fsp3) is 0.308. The minimum absolute atomic E-state index is 0.332. The van der Waals surface area contributed by atoms with Crippen molar-refractivity contribution < 1.29 is 0 Å². The Morgan fingerprint density at radius 2 is 2.00 bits per heavy atom. The summed E-state index contributed by atoms with van der Waals surface area (Å²) < 4.78 is 1.83. The van der Waals surface area contributed by atoms with Crippen LogP contribution in [0.2, 0.25) is 0 Å². The molecule has 0 aliphatic heterocycles. The third-order valence-corrected chi connectivity index (χ3v) is 2.85. The predicted octanol–water partition coefficient (Wildman–Crippen LogP) is 2.37. The van der Waals surface area contributed by atoms with Crippen LogP contribution in [0.15, 0.2) is 36.5 Å². The van der Waals surface area contributed by atoms with Gasteiger partial charge in [-0.3, -0.25) is 4.68 Å². The molecular weight excluding hydrogens is 198 g/mol. The van der Waals surface area contributed by atoms with E-state index in [9.17, 15) is 0 Å². The van der Waals surface area contributed by atoms with Gasteiger partial charge in [-0.2, -0.15) is 5.10 Å². The second-order valence-corrected chi connectivity index (χ2v) is 3.97. The number of rotatable bonds is 3. The number of benzene rings is 1. The summed E-state index contributed by atoms with van der Waals surface area (Å²) >= 11 is 0. The van der Waals surface area contributed by atoms with Gasteiger partial charge >= 0.3 is 0 Å². The smallest absolute Gasteiger partial charge is 0.0926 e. The Kier molecular flexibility index (Phi) is 3.06. The van der Waals surface area contributed by atoms with E-state index in [1.807, 2.05) is 31.0 Å². The van der Waals surface area contributed by atoms with Gasteiger partial charge in [0.2, 0.25) is 0 Å². The van der Waals surface area contributed by atoms with Gasteiger partial charge in [0.05, 0.1) is 5.69 Å². The van der Waals surface area contributed by atoms with Crippen LogP contribution in [0.3, 0.4) is 0 Å². The molecule has 0 saturated heterocycles. The second kappa shape index (κ2) is 4.49.